The number of aromatic nitrogens is 2. The van der Waals surface area contributed by atoms with E-state index < -0.39 is 0 Å². The molecule has 1 aliphatic carbocycles. The second-order valence-corrected chi connectivity index (χ2v) is 5.30. The number of halogens is 1. The van der Waals surface area contributed by atoms with E-state index >= 15 is 0 Å². The number of nitrogens with zero attached hydrogens (tertiary/aromatic N) is 3. The zero-order valence-corrected chi connectivity index (χ0v) is 10.5. The second-order valence-electron chi connectivity index (χ2n) is 5.30. The molecule has 2 aliphatic rings. The Morgan fingerprint density at radius 2 is 2.06 bits per heavy atom. The molecule has 1 aromatic rings. The molecule has 4 nitrogen and oxygen atoms in total. The minimum Gasteiger partial charge on any atom is -0.338 e. The van der Waals surface area contributed by atoms with Gasteiger partial charge in [0.25, 0.3) is 0 Å². The lowest BCUT2D eigenvalue weighted by atomic mass is 9.99. The van der Waals surface area contributed by atoms with Gasteiger partial charge in [-0.15, -0.1) is 0 Å². The Bertz CT molecular complexity index is 384. The van der Waals surface area contributed by atoms with Gasteiger partial charge in [0.15, 0.2) is 5.82 Å². The van der Waals surface area contributed by atoms with E-state index in [4.69, 9.17) is 0 Å². The van der Waals surface area contributed by atoms with Crippen molar-refractivity contribution in [1.29, 1.82) is 0 Å². The van der Waals surface area contributed by atoms with E-state index in [2.05, 4.69) is 20.2 Å². The molecule has 2 fully saturated rings. The van der Waals surface area contributed by atoms with Gasteiger partial charge in [-0.25, -0.2) is 14.4 Å². The van der Waals surface area contributed by atoms with Crippen molar-refractivity contribution in [2.45, 2.75) is 31.7 Å². The molecule has 2 heterocycles. The minimum absolute atomic E-state index is 0.367. The monoisotopic (exact) mass is 250 g/mol. The van der Waals surface area contributed by atoms with E-state index in [0.717, 1.165) is 19.6 Å². The Morgan fingerprint density at radius 3 is 2.67 bits per heavy atom. The smallest absolute Gasteiger partial charge is 0.225 e. The first-order chi connectivity index (χ1) is 8.83. The highest BCUT2D eigenvalue weighted by Gasteiger charge is 2.32. The van der Waals surface area contributed by atoms with Crippen molar-refractivity contribution >= 4 is 5.95 Å². The molecular weight excluding hydrogens is 231 g/mol. The predicted octanol–water partition coefficient (Wildman–Crippen LogP) is 1.58. The normalized spacial score (nSPS) is 23.9. The van der Waals surface area contributed by atoms with Gasteiger partial charge in [0, 0.05) is 12.6 Å². The fraction of sp³-hybridized carbons (Fsp3) is 0.692. The van der Waals surface area contributed by atoms with Crippen LogP contribution >= 0.6 is 0 Å². The molecule has 0 aromatic carbocycles. The maximum Gasteiger partial charge on any atom is 0.225 e. The zero-order valence-electron chi connectivity index (χ0n) is 10.5. The summed E-state index contributed by atoms with van der Waals surface area (Å²) >= 11 is 0. The van der Waals surface area contributed by atoms with Crippen LogP contribution in [-0.4, -0.2) is 35.6 Å². The summed E-state index contributed by atoms with van der Waals surface area (Å²) in [6.45, 7) is 3.20. The van der Waals surface area contributed by atoms with E-state index in [0.29, 0.717) is 17.9 Å². The third-order valence-corrected chi connectivity index (χ3v) is 3.71. The quantitative estimate of drug-likeness (QED) is 0.881. The molecule has 1 N–H and O–H groups in total. The van der Waals surface area contributed by atoms with Crippen molar-refractivity contribution in [3.63, 3.8) is 0 Å². The Balaban J connectivity index is 1.69. The van der Waals surface area contributed by atoms with Crippen LogP contribution in [0.2, 0.25) is 0 Å². The number of rotatable bonds is 4. The number of hydrogen-bond acceptors (Lipinski definition) is 4. The van der Waals surface area contributed by atoms with Crippen LogP contribution in [0.1, 0.15) is 25.7 Å². The number of piperidine rings is 1. The largest absolute Gasteiger partial charge is 0.338 e. The Hall–Kier alpha value is -1.23. The summed E-state index contributed by atoms with van der Waals surface area (Å²) in [5.74, 6) is 0.978. The van der Waals surface area contributed by atoms with Crippen LogP contribution in [-0.2, 0) is 0 Å². The van der Waals surface area contributed by atoms with Crippen molar-refractivity contribution in [3.8, 4) is 0 Å². The molecule has 0 bridgehead atoms. The Morgan fingerprint density at radius 1 is 1.28 bits per heavy atom. The number of hydrogen-bond donors (Lipinski definition) is 1. The summed E-state index contributed by atoms with van der Waals surface area (Å²) in [6, 6.07) is 0.567. The summed E-state index contributed by atoms with van der Waals surface area (Å²) in [4.78, 5) is 10.5. The predicted molar refractivity (Wildman–Crippen MR) is 68.0 cm³/mol. The van der Waals surface area contributed by atoms with Crippen molar-refractivity contribution in [1.82, 2.24) is 15.3 Å². The van der Waals surface area contributed by atoms with Crippen LogP contribution < -0.4 is 10.2 Å². The van der Waals surface area contributed by atoms with Gasteiger partial charge in [-0.05, 0) is 44.7 Å². The SMILES string of the molecule is Fc1cnc(N(CC2CCCNC2)C2CC2)nc1. The number of anilines is 1. The minimum atomic E-state index is -0.367. The van der Waals surface area contributed by atoms with Crippen LogP contribution in [0.25, 0.3) is 0 Å². The molecule has 98 valence electrons. The second kappa shape index (κ2) is 5.18. The van der Waals surface area contributed by atoms with Gasteiger partial charge < -0.3 is 10.2 Å². The van der Waals surface area contributed by atoms with E-state index in [-0.39, 0.29) is 5.82 Å². The van der Waals surface area contributed by atoms with Crippen LogP contribution in [0.4, 0.5) is 10.3 Å². The summed E-state index contributed by atoms with van der Waals surface area (Å²) in [5, 5.41) is 3.43. The molecule has 1 saturated carbocycles. The first-order valence-corrected chi connectivity index (χ1v) is 6.78. The van der Waals surface area contributed by atoms with Crippen molar-refractivity contribution in [2.75, 3.05) is 24.5 Å². The molecule has 1 aliphatic heterocycles. The highest BCUT2D eigenvalue weighted by Crippen LogP contribution is 2.31. The van der Waals surface area contributed by atoms with Gasteiger partial charge in [0.1, 0.15) is 0 Å². The third-order valence-electron chi connectivity index (χ3n) is 3.71. The fourth-order valence-electron chi connectivity index (χ4n) is 2.59. The molecule has 1 atom stereocenters. The van der Waals surface area contributed by atoms with E-state index in [9.17, 15) is 4.39 Å². The molecule has 1 unspecified atom stereocenters. The van der Waals surface area contributed by atoms with Crippen LogP contribution in [0, 0.1) is 11.7 Å². The van der Waals surface area contributed by atoms with Gasteiger partial charge in [-0.3, -0.25) is 0 Å². The zero-order chi connectivity index (χ0) is 12.4. The molecule has 0 radical (unpaired) electrons. The van der Waals surface area contributed by atoms with Gasteiger partial charge in [-0.1, -0.05) is 0 Å². The van der Waals surface area contributed by atoms with Gasteiger partial charge >= 0.3 is 0 Å². The van der Waals surface area contributed by atoms with Gasteiger partial charge in [0.2, 0.25) is 5.95 Å². The van der Waals surface area contributed by atoms with Crippen molar-refractivity contribution in [2.24, 2.45) is 5.92 Å². The Kier molecular flexibility index (Phi) is 3.41. The number of nitrogens with one attached hydrogen (secondary N) is 1. The van der Waals surface area contributed by atoms with Crippen LogP contribution in [0.15, 0.2) is 12.4 Å². The highest BCUT2D eigenvalue weighted by molar-refractivity contribution is 5.33. The fourth-order valence-corrected chi connectivity index (χ4v) is 2.59. The topological polar surface area (TPSA) is 41.1 Å². The Labute approximate surface area is 107 Å². The van der Waals surface area contributed by atoms with Crippen molar-refractivity contribution < 1.29 is 4.39 Å². The maximum absolute atomic E-state index is 12.9. The van der Waals surface area contributed by atoms with Gasteiger partial charge in [-0.2, -0.15) is 0 Å². The first kappa shape index (κ1) is 11.8. The lowest BCUT2D eigenvalue weighted by Crippen LogP contribution is -2.40. The summed E-state index contributed by atoms with van der Waals surface area (Å²) in [5.41, 5.74) is 0. The molecule has 5 heteroatoms. The molecule has 3 rings (SSSR count). The lowest BCUT2D eigenvalue weighted by molar-refractivity contribution is 0.374. The third kappa shape index (κ3) is 2.77. The van der Waals surface area contributed by atoms with Gasteiger partial charge in [0.05, 0.1) is 12.4 Å². The molecule has 1 aromatic heterocycles. The highest BCUT2D eigenvalue weighted by atomic mass is 19.1. The standard InChI is InChI=1S/C13H19FN4/c14-11-7-16-13(17-8-11)18(12-3-4-12)9-10-2-1-5-15-6-10/h7-8,10,12,15H,1-6,9H2. The molecule has 18 heavy (non-hydrogen) atoms. The van der Waals surface area contributed by atoms with Crippen molar-refractivity contribution in [3.05, 3.63) is 18.2 Å². The average molecular weight is 250 g/mol. The molecule has 0 spiro atoms. The van der Waals surface area contributed by atoms with E-state index in [1.54, 1.807) is 0 Å². The molecular formula is C13H19FN4. The van der Waals surface area contributed by atoms with E-state index in [1.807, 2.05) is 0 Å². The van der Waals surface area contributed by atoms with E-state index in [1.165, 1.54) is 38.1 Å². The molecule has 1 saturated heterocycles. The lowest BCUT2D eigenvalue weighted by Gasteiger charge is -2.30. The summed E-state index contributed by atoms with van der Waals surface area (Å²) in [7, 11) is 0. The molecule has 0 amide bonds. The average Bonchev–Trinajstić information content (AvgIpc) is 3.23. The maximum atomic E-state index is 12.9. The summed E-state index contributed by atoms with van der Waals surface area (Å²) < 4.78 is 12.9. The summed E-state index contributed by atoms with van der Waals surface area (Å²) in [6.07, 6.45) is 7.44. The van der Waals surface area contributed by atoms with Crippen LogP contribution in [0.3, 0.4) is 0 Å². The van der Waals surface area contributed by atoms with Crippen LogP contribution in [0.5, 0.6) is 0 Å². The first-order valence-electron chi connectivity index (χ1n) is 6.78.